The number of nitrogens with zero attached hydrogens (tertiary/aromatic N) is 2. The number of aromatic amines is 1. The van der Waals surface area contributed by atoms with Crippen LogP contribution in [0.4, 0.5) is 8.78 Å². The summed E-state index contributed by atoms with van der Waals surface area (Å²) in [5.41, 5.74) is -2.04. The second kappa shape index (κ2) is 5.36. The monoisotopic (exact) mass is 279 g/mol. The van der Waals surface area contributed by atoms with Gasteiger partial charge in [-0.3, -0.25) is 14.3 Å². The number of para-hydroxylation sites is 2. The average Bonchev–Trinajstić information content (AvgIpc) is 2.39. The highest BCUT2D eigenvalue weighted by molar-refractivity contribution is 5.47. The van der Waals surface area contributed by atoms with Crippen LogP contribution in [0.2, 0.25) is 0 Å². The van der Waals surface area contributed by atoms with Gasteiger partial charge >= 0.3 is 12.3 Å². The van der Waals surface area contributed by atoms with Crippen molar-refractivity contribution in [2.75, 3.05) is 0 Å². The molecule has 0 saturated heterocycles. The maximum atomic E-state index is 12.3. The Balaban J connectivity index is 2.66. The number of nitrogens with one attached hydrogen (secondary N) is 1. The van der Waals surface area contributed by atoms with Crippen molar-refractivity contribution >= 4 is 0 Å². The maximum Gasteiger partial charge on any atom is 0.387 e. The van der Waals surface area contributed by atoms with Gasteiger partial charge in [-0.05, 0) is 12.1 Å². The third kappa shape index (κ3) is 2.56. The highest BCUT2D eigenvalue weighted by atomic mass is 19.3. The molecule has 0 atom stereocenters. The molecule has 0 saturated carbocycles. The molecule has 0 aliphatic heterocycles. The summed E-state index contributed by atoms with van der Waals surface area (Å²) in [6, 6.07) is 7.13. The molecule has 20 heavy (non-hydrogen) atoms. The molecule has 0 aliphatic rings. The Morgan fingerprint density at radius 2 is 2.00 bits per heavy atom. The molecule has 0 fully saturated rings. The summed E-state index contributed by atoms with van der Waals surface area (Å²) in [6.45, 7) is -3.06. The fraction of sp³-hybridized carbons (Fsp3) is 0.0833. The van der Waals surface area contributed by atoms with Crippen LogP contribution in [-0.4, -0.2) is 16.2 Å². The molecule has 0 unspecified atom stereocenters. The van der Waals surface area contributed by atoms with Crippen LogP contribution in [-0.2, 0) is 0 Å². The van der Waals surface area contributed by atoms with E-state index < -0.39 is 17.9 Å². The molecule has 1 N–H and O–H groups in total. The van der Waals surface area contributed by atoms with Gasteiger partial charge < -0.3 is 4.74 Å². The second-order valence-electron chi connectivity index (χ2n) is 3.63. The zero-order valence-corrected chi connectivity index (χ0v) is 9.84. The van der Waals surface area contributed by atoms with Gasteiger partial charge in [-0.1, -0.05) is 12.1 Å². The van der Waals surface area contributed by atoms with Crippen molar-refractivity contribution in [3.8, 4) is 17.5 Å². The van der Waals surface area contributed by atoms with E-state index in [-0.39, 0.29) is 17.0 Å². The van der Waals surface area contributed by atoms with Crippen molar-refractivity contribution in [1.82, 2.24) is 9.55 Å². The van der Waals surface area contributed by atoms with Crippen LogP contribution < -0.4 is 16.0 Å². The molecular formula is C12H7F2N3O3. The number of alkyl halides is 2. The van der Waals surface area contributed by atoms with Crippen LogP contribution in [0.1, 0.15) is 5.56 Å². The fourth-order valence-corrected chi connectivity index (χ4v) is 1.58. The third-order valence-corrected chi connectivity index (χ3v) is 2.40. The van der Waals surface area contributed by atoms with E-state index >= 15 is 0 Å². The average molecular weight is 279 g/mol. The smallest absolute Gasteiger partial charge is 0.387 e. The van der Waals surface area contributed by atoms with Gasteiger partial charge in [0.1, 0.15) is 17.4 Å². The van der Waals surface area contributed by atoms with E-state index in [1.807, 2.05) is 4.98 Å². The fourth-order valence-electron chi connectivity index (χ4n) is 1.58. The topological polar surface area (TPSA) is 87.9 Å². The van der Waals surface area contributed by atoms with Crippen molar-refractivity contribution in [2.45, 2.75) is 6.61 Å². The van der Waals surface area contributed by atoms with Crippen LogP contribution >= 0.6 is 0 Å². The minimum atomic E-state index is -3.06. The van der Waals surface area contributed by atoms with Gasteiger partial charge in [0.25, 0.3) is 5.56 Å². The second-order valence-corrected chi connectivity index (χ2v) is 3.63. The Bertz CT molecular complexity index is 790. The SMILES string of the molecule is N#Cc1cn(-c2ccccc2OC(F)F)c(=O)[nH]c1=O. The predicted molar refractivity (Wildman–Crippen MR) is 64.0 cm³/mol. The molecule has 1 heterocycles. The lowest BCUT2D eigenvalue weighted by Gasteiger charge is -2.11. The highest BCUT2D eigenvalue weighted by Gasteiger charge is 2.13. The Kier molecular flexibility index (Phi) is 3.61. The van der Waals surface area contributed by atoms with Gasteiger partial charge in [0.2, 0.25) is 0 Å². The summed E-state index contributed by atoms with van der Waals surface area (Å²) in [5, 5.41) is 8.76. The summed E-state index contributed by atoms with van der Waals surface area (Å²) in [6.07, 6.45) is 0.967. The lowest BCUT2D eigenvalue weighted by atomic mass is 10.2. The number of hydrogen-bond donors (Lipinski definition) is 1. The van der Waals surface area contributed by atoms with E-state index in [4.69, 9.17) is 5.26 Å². The molecule has 0 bridgehead atoms. The van der Waals surface area contributed by atoms with Crippen LogP contribution in [0, 0.1) is 11.3 Å². The lowest BCUT2D eigenvalue weighted by Crippen LogP contribution is -2.30. The summed E-state index contributed by atoms with van der Waals surface area (Å²) < 4.78 is 29.8. The first-order valence-electron chi connectivity index (χ1n) is 5.33. The summed E-state index contributed by atoms with van der Waals surface area (Å²) >= 11 is 0. The van der Waals surface area contributed by atoms with Crippen molar-refractivity contribution in [2.24, 2.45) is 0 Å². The van der Waals surface area contributed by atoms with E-state index in [0.717, 1.165) is 10.8 Å². The number of rotatable bonds is 3. The van der Waals surface area contributed by atoms with Crippen LogP contribution in [0.25, 0.3) is 5.69 Å². The molecule has 2 aromatic rings. The Hall–Kier alpha value is -2.95. The van der Waals surface area contributed by atoms with Gasteiger partial charge in [0.05, 0.1) is 5.69 Å². The first kappa shape index (κ1) is 13.5. The summed E-state index contributed by atoms with van der Waals surface area (Å²) in [5.74, 6) is -0.250. The van der Waals surface area contributed by atoms with E-state index in [1.54, 1.807) is 6.07 Å². The number of ether oxygens (including phenoxy) is 1. The normalized spacial score (nSPS) is 10.3. The van der Waals surface area contributed by atoms with Crippen LogP contribution in [0.5, 0.6) is 5.75 Å². The first-order chi connectivity index (χ1) is 9.52. The summed E-state index contributed by atoms with van der Waals surface area (Å²) in [4.78, 5) is 24.9. The van der Waals surface area contributed by atoms with Crippen LogP contribution in [0.3, 0.4) is 0 Å². The standard InChI is InChI=1S/C12H7F2N3O3/c13-11(14)20-9-4-2-1-3-8(9)17-6-7(5-15)10(18)16-12(17)19/h1-4,6,11H,(H,16,18,19). The zero-order valence-electron chi connectivity index (χ0n) is 9.84. The molecule has 2 rings (SSSR count). The lowest BCUT2D eigenvalue weighted by molar-refractivity contribution is -0.0498. The molecule has 0 aliphatic carbocycles. The number of benzene rings is 1. The highest BCUT2D eigenvalue weighted by Crippen LogP contribution is 2.22. The molecule has 6 nitrogen and oxygen atoms in total. The van der Waals surface area contributed by atoms with Gasteiger partial charge in [-0.25, -0.2) is 4.79 Å². The predicted octanol–water partition coefficient (Wildman–Crippen LogP) is 0.999. The maximum absolute atomic E-state index is 12.3. The molecule has 102 valence electrons. The number of aromatic nitrogens is 2. The van der Waals surface area contributed by atoms with Crippen molar-refractivity contribution < 1.29 is 13.5 Å². The van der Waals surface area contributed by atoms with Crippen molar-refractivity contribution in [3.63, 3.8) is 0 Å². The molecule has 0 amide bonds. The van der Waals surface area contributed by atoms with Crippen LogP contribution in [0.15, 0.2) is 40.1 Å². The molecule has 0 radical (unpaired) electrons. The molecule has 1 aromatic heterocycles. The van der Waals surface area contributed by atoms with Gasteiger partial charge in [-0.2, -0.15) is 14.0 Å². The van der Waals surface area contributed by atoms with E-state index in [1.165, 1.54) is 24.3 Å². The van der Waals surface area contributed by atoms with E-state index in [0.29, 0.717) is 0 Å². The molecular weight excluding hydrogens is 272 g/mol. The molecule has 8 heteroatoms. The third-order valence-electron chi connectivity index (χ3n) is 2.40. The Morgan fingerprint density at radius 3 is 2.65 bits per heavy atom. The van der Waals surface area contributed by atoms with Crippen molar-refractivity contribution in [1.29, 1.82) is 5.26 Å². The Morgan fingerprint density at radius 1 is 1.30 bits per heavy atom. The number of halogens is 2. The minimum Gasteiger partial charge on any atom is -0.433 e. The number of nitriles is 1. The largest absolute Gasteiger partial charge is 0.433 e. The van der Waals surface area contributed by atoms with Gasteiger partial charge in [0, 0.05) is 6.20 Å². The zero-order chi connectivity index (χ0) is 14.7. The molecule has 0 spiro atoms. The van der Waals surface area contributed by atoms with E-state index in [2.05, 4.69) is 4.74 Å². The number of hydrogen-bond acceptors (Lipinski definition) is 4. The first-order valence-corrected chi connectivity index (χ1v) is 5.33. The minimum absolute atomic E-state index is 0.00875. The van der Waals surface area contributed by atoms with Gasteiger partial charge in [-0.15, -0.1) is 0 Å². The van der Waals surface area contributed by atoms with E-state index in [9.17, 15) is 18.4 Å². The summed E-state index contributed by atoms with van der Waals surface area (Å²) in [7, 11) is 0. The Labute approximate surface area is 110 Å². The number of H-pyrrole nitrogens is 1. The van der Waals surface area contributed by atoms with Crippen molar-refractivity contribution in [3.05, 3.63) is 56.9 Å². The molecule has 1 aromatic carbocycles. The quantitative estimate of drug-likeness (QED) is 0.907. The van der Waals surface area contributed by atoms with Gasteiger partial charge in [0.15, 0.2) is 0 Å².